The number of hydrogen-bond donors (Lipinski definition) is 0. The standard InChI is InChI=1S/C13H24O6/c1-14-5-7-16-10-18-12-3-4-13(9-12)19-11-17-8-6-15-2/h3-4,12-13H,5-11H2,1-2H3. The maximum atomic E-state index is 5.52. The minimum Gasteiger partial charge on any atom is -0.382 e. The van der Waals surface area contributed by atoms with Gasteiger partial charge in [0.25, 0.3) is 0 Å². The molecule has 0 heterocycles. The van der Waals surface area contributed by atoms with Crippen molar-refractivity contribution in [3.05, 3.63) is 12.2 Å². The van der Waals surface area contributed by atoms with Crippen molar-refractivity contribution in [3.63, 3.8) is 0 Å². The second-order valence-corrected chi connectivity index (χ2v) is 4.07. The van der Waals surface area contributed by atoms with E-state index in [9.17, 15) is 0 Å². The second-order valence-electron chi connectivity index (χ2n) is 4.07. The van der Waals surface area contributed by atoms with E-state index in [0.29, 0.717) is 26.4 Å². The Kier molecular flexibility index (Phi) is 9.88. The lowest BCUT2D eigenvalue weighted by Crippen LogP contribution is -2.18. The van der Waals surface area contributed by atoms with Gasteiger partial charge in [0.05, 0.1) is 38.6 Å². The molecule has 0 saturated heterocycles. The van der Waals surface area contributed by atoms with Gasteiger partial charge in [0.15, 0.2) is 0 Å². The molecule has 0 aromatic rings. The van der Waals surface area contributed by atoms with Gasteiger partial charge in [-0.15, -0.1) is 0 Å². The zero-order chi connectivity index (χ0) is 13.8. The van der Waals surface area contributed by atoms with E-state index in [0.717, 1.165) is 6.42 Å². The molecule has 6 heteroatoms. The molecular weight excluding hydrogens is 252 g/mol. The first-order chi connectivity index (χ1) is 9.36. The SMILES string of the molecule is COCCOCOC1C=CC(OCOCCOC)C1. The Balaban J connectivity index is 1.93. The Morgan fingerprint density at radius 3 is 1.68 bits per heavy atom. The van der Waals surface area contributed by atoms with Crippen molar-refractivity contribution in [2.75, 3.05) is 54.2 Å². The molecule has 0 fully saturated rings. The highest BCUT2D eigenvalue weighted by Crippen LogP contribution is 2.17. The molecule has 0 aromatic carbocycles. The fraction of sp³-hybridized carbons (Fsp3) is 0.846. The minimum atomic E-state index is 0.0477. The van der Waals surface area contributed by atoms with Crippen LogP contribution in [0.4, 0.5) is 0 Å². The van der Waals surface area contributed by atoms with Gasteiger partial charge in [0.1, 0.15) is 13.6 Å². The van der Waals surface area contributed by atoms with Gasteiger partial charge in [-0.3, -0.25) is 0 Å². The molecular formula is C13H24O6. The van der Waals surface area contributed by atoms with Crippen LogP contribution in [0.1, 0.15) is 6.42 Å². The van der Waals surface area contributed by atoms with Crippen molar-refractivity contribution >= 4 is 0 Å². The molecule has 0 amide bonds. The molecule has 0 saturated carbocycles. The lowest BCUT2D eigenvalue weighted by molar-refractivity contribution is -0.108. The maximum absolute atomic E-state index is 5.52. The average molecular weight is 276 g/mol. The topological polar surface area (TPSA) is 55.4 Å². The van der Waals surface area contributed by atoms with Gasteiger partial charge in [-0.25, -0.2) is 0 Å². The molecule has 1 aliphatic rings. The summed E-state index contributed by atoms with van der Waals surface area (Å²) in [5, 5.41) is 0. The summed E-state index contributed by atoms with van der Waals surface area (Å²) in [4.78, 5) is 0. The quantitative estimate of drug-likeness (QED) is 0.301. The Labute approximate surface area is 114 Å². The molecule has 0 bridgehead atoms. The van der Waals surface area contributed by atoms with Gasteiger partial charge < -0.3 is 28.4 Å². The van der Waals surface area contributed by atoms with Crippen molar-refractivity contribution < 1.29 is 28.4 Å². The van der Waals surface area contributed by atoms with Crippen LogP contribution in [0, 0.1) is 0 Å². The second kappa shape index (κ2) is 11.3. The van der Waals surface area contributed by atoms with Crippen LogP contribution < -0.4 is 0 Å². The van der Waals surface area contributed by atoms with E-state index in [4.69, 9.17) is 28.4 Å². The highest BCUT2D eigenvalue weighted by Gasteiger charge is 2.19. The molecule has 0 aliphatic heterocycles. The molecule has 112 valence electrons. The van der Waals surface area contributed by atoms with E-state index >= 15 is 0 Å². The van der Waals surface area contributed by atoms with Crippen LogP contribution in [-0.4, -0.2) is 66.4 Å². The van der Waals surface area contributed by atoms with E-state index in [2.05, 4.69) is 0 Å². The Morgan fingerprint density at radius 1 is 0.789 bits per heavy atom. The van der Waals surface area contributed by atoms with Crippen LogP contribution in [0.3, 0.4) is 0 Å². The normalized spacial score (nSPS) is 22.2. The fourth-order valence-corrected chi connectivity index (χ4v) is 1.55. The first kappa shape index (κ1) is 16.6. The summed E-state index contributed by atoms with van der Waals surface area (Å²) < 4.78 is 31.2. The van der Waals surface area contributed by atoms with Crippen molar-refractivity contribution in [3.8, 4) is 0 Å². The van der Waals surface area contributed by atoms with E-state index in [1.165, 1.54) is 0 Å². The van der Waals surface area contributed by atoms with Gasteiger partial charge in [0.2, 0.25) is 0 Å². The van der Waals surface area contributed by atoms with Crippen molar-refractivity contribution in [1.29, 1.82) is 0 Å². The number of methoxy groups -OCH3 is 2. The Hall–Kier alpha value is -0.500. The molecule has 0 radical (unpaired) electrons. The molecule has 1 aliphatic carbocycles. The predicted octanol–water partition coefficient (Wildman–Crippen LogP) is 0.958. The Morgan fingerprint density at radius 2 is 1.26 bits per heavy atom. The third-order valence-corrected chi connectivity index (χ3v) is 2.60. The number of rotatable bonds is 12. The van der Waals surface area contributed by atoms with E-state index < -0.39 is 0 Å². The average Bonchev–Trinajstić information content (AvgIpc) is 2.86. The van der Waals surface area contributed by atoms with E-state index in [1.54, 1.807) is 14.2 Å². The van der Waals surface area contributed by atoms with E-state index in [-0.39, 0.29) is 25.8 Å². The summed E-state index contributed by atoms with van der Waals surface area (Å²) in [6.45, 7) is 2.79. The van der Waals surface area contributed by atoms with Gasteiger partial charge in [-0.2, -0.15) is 0 Å². The summed E-state index contributed by atoms with van der Waals surface area (Å²) in [5.74, 6) is 0. The van der Waals surface area contributed by atoms with Gasteiger partial charge in [-0.1, -0.05) is 12.2 Å². The molecule has 2 atom stereocenters. The zero-order valence-corrected chi connectivity index (χ0v) is 11.7. The van der Waals surface area contributed by atoms with Crippen molar-refractivity contribution in [2.24, 2.45) is 0 Å². The third-order valence-electron chi connectivity index (χ3n) is 2.60. The summed E-state index contributed by atoms with van der Waals surface area (Å²) >= 11 is 0. The maximum Gasteiger partial charge on any atom is 0.147 e. The first-order valence-corrected chi connectivity index (χ1v) is 6.41. The molecule has 0 aromatic heterocycles. The largest absolute Gasteiger partial charge is 0.382 e. The zero-order valence-electron chi connectivity index (χ0n) is 11.7. The van der Waals surface area contributed by atoms with E-state index in [1.807, 2.05) is 12.2 Å². The predicted molar refractivity (Wildman–Crippen MR) is 68.9 cm³/mol. The summed E-state index contributed by atoms with van der Waals surface area (Å²) in [5.41, 5.74) is 0. The number of hydrogen-bond acceptors (Lipinski definition) is 6. The smallest absolute Gasteiger partial charge is 0.147 e. The van der Waals surface area contributed by atoms with Crippen molar-refractivity contribution in [2.45, 2.75) is 18.6 Å². The monoisotopic (exact) mass is 276 g/mol. The van der Waals surface area contributed by atoms with Crippen molar-refractivity contribution in [1.82, 2.24) is 0 Å². The summed E-state index contributed by atoms with van der Waals surface area (Å²) in [6.07, 6.45) is 4.86. The molecule has 2 unspecified atom stereocenters. The fourth-order valence-electron chi connectivity index (χ4n) is 1.55. The van der Waals surface area contributed by atoms with Crippen LogP contribution in [-0.2, 0) is 28.4 Å². The molecule has 19 heavy (non-hydrogen) atoms. The molecule has 0 N–H and O–H groups in total. The van der Waals surface area contributed by atoms with Crippen LogP contribution in [0.15, 0.2) is 12.2 Å². The lowest BCUT2D eigenvalue weighted by Gasteiger charge is -2.14. The Bertz CT molecular complexity index is 211. The van der Waals surface area contributed by atoms with Crippen LogP contribution >= 0.6 is 0 Å². The highest BCUT2D eigenvalue weighted by atomic mass is 16.7. The van der Waals surface area contributed by atoms with Crippen LogP contribution in [0.2, 0.25) is 0 Å². The molecule has 6 nitrogen and oxygen atoms in total. The van der Waals surface area contributed by atoms with Crippen LogP contribution in [0.25, 0.3) is 0 Å². The van der Waals surface area contributed by atoms with Gasteiger partial charge in [0, 0.05) is 20.6 Å². The minimum absolute atomic E-state index is 0.0477. The highest BCUT2D eigenvalue weighted by molar-refractivity contribution is 5.04. The number of ether oxygens (including phenoxy) is 6. The van der Waals surface area contributed by atoms with Gasteiger partial charge in [-0.05, 0) is 0 Å². The summed E-state index contributed by atoms with van der Waals surface area (Å²) in [6, 6.07) is 0. The van der Waals surface area contributed by atoms with Crippen LogP contribution in [0.5, 0.6) is 0 Å². The summed E-state index contributed by atoms with van der Waals surface area (Å²) in [7, 11) is 3.28. The van der Waals surface area contributed by atoms with Gasteiger partial charge >= 0.3 is 0 Å². The molecule has 1 rings (SSSR count). The molecule has 0 spiro atoms. The lowest BCUT2D eigenvalue weighted by atomic mass is 10.3. The first-order valence-electron chi connectivity index (χ1n) is 6.41. The third kappa shape index (κ3) is 8.30.